The Balaban J connectivity index is 1.54. The van der Waals surface area contributed by atoms with Crippen molar-refractivity contribution in [1.29, 1.82) is 0 Å². The monoisotopic (exact) mass is 542 g/mol. The number of rotatable bonds is 5. The number of H-pyrrole nitrogens is 1. The third kappa shape index (κ3) is 4.92. The van der Waals surface area contributed by atoms with Crippen LogP contribution in [0.25, 0.3) is 11.0 Å². The normalized spacial score (nSPS) is 15.3. The van der Waals surface area contributed by atoms with E-state index in [4.69, 9.17) is 39.5 Å². The van der Waals surface area contributed by atoms with Crippen LogP contribution in [0.3, 0.4) is 0 Å². The van der Waals surface area contributed by atoms with Crippen LogP contribution in [-0.2, 0) is 4.74 Å². The van der Waals surface area contributed by atoms with Crippen LogP contribution in [0.2, 0.25) is 15.1 Å². The van der Waals surface area contributed by atoms with Gasteiger partial charge in [-0.2, -0.15) is 0 Å². The number of halogens is 3. The summed E-state index contributed by atoms with van der Waals surface area (Å²) in [4.78, 5) is 34.4. The Bertz CT molecular complexity index is 1500. The summed E-state index contributed by atoms with van der Waals surface area (Å²) in [7, 11) is 0. The number of nitrogens with one attached hydrogen (secondary N) is 3. The number of anilines is 2. The van der Waals surface area contributed by atoms with E-state index in [1.165, 1.54) is 6.07 Å². The molecule has 0 bridgehead atoms. The Morgan fingerprint density at radius 3 is 2.58 bits per heavy atom. The first-order chi connectivity index (χ1) is 17.3. The van der Waals surface area contributed by atoms with E-state index in [1.54, 1.807) is 42.5 Å². The molecule has 7 nitrogen and oxygen atoms in total. The Morgan fingerprint density at radius 2 is 1.81 bits per heavy atom. The molecule has 1 fully saturated rings. The van der Waals surface area contributed by atoms with Crippen molar-refractivity contribution in [3.63, 3.8) is 0 Å². The molecule has 4 aromatic rings. The highest BCUT2D eigenvalue weighted by Crippen LogP contribution is 2.32. The van der Waals surface area contributed by atoms with Crippen molar-refractivity contribution in [3.05, 3.63) is 86.1 Å². The second-order valence-corrected chi connectivity index (χ2v) is 9.74. The number of carbonyl (C=O) groups is 2. The number of amides is 2. The van der Waals surface area contributed by atoms with Gasteiger partial charge in [0.2, 0.25) is 0 Å². The standard InChI is InChI=1S/C26H21Cl3N4O3/c1-13-18(28)4-2-5-20(13)32-26(35)17-11-15(30-25(34)16-10-14(27)7-8-19(16)29)12-21-23(17)33-24(31-21)22-6-3-9-36-22/h2,4-5,7-8,10-12,22H,3,6,9H2,1H3,(H,30,34)(H,31,33)(H,32,35)/t22-/m1/s1. The molecule has 1 saturated heterocycles. The maximum Gasteiger partial charge on any atom is 0.258 e. The Kier molecular flexibility index (Phi) is 6.90. The lowest BCUT2D eigenvalue weighted by atomic mass is 10.1. The first kappa shape index (κ1) is 24.6. The van der Waals surface area contributed by atoms with Crippen LogP contribution >= 0.6 is 34.8 Å². The van der Waals surface area contributed by atoms with Gasteiger partial charge < -0.3 is 20.4 Å². The van der Waals surface area contributed by atoms with Crippen molar-refractivity contribution in [2.75, 3.05) is 17.2 Å². The molecule has 1 aromatic heterocycles. The van der Waals surface area contributed by atoms with E-state index >= 15 is 0 Å². The third-order valence-corrected chi connectivity index (χ3v) is 7.01. The third-order valence-electron chi connectivity index (χ3n) is 6.03. The molecule has 0 saturated carbocycles. The number of aromatic amines is 1. The highest BCUT2D eigenvalue weighted by Gasteiger charge is 2.24. The number of benzene rings is 3. The molecule has 184 valence electrons. The lowest BCUT2D eigenvalue weighted by molar-refractivity contribution is 0.101. The van der Waals surface area contributed by atoms with E-state index in [0.717, 1.165) is 18.4 Å². The van der Waals surface area contributed by atoms with Crippen molar-refractivity contribution < 1.29 is 14.3 Å². The van der Waals surface area contributed by atoms with Gasteiger partial charge in [-0.1, -0.05) is 40.9 Å². The first-order valence-electron chi connectivity index (χ1n) is 11.3. The first-order valence-corrected chi connectivity index (χ1v) is 12.4. The number of carbonyl (C=O) groups excluding carboxylic acids is 2. The van der Waals surface area contributed by atoms with Crippen molar-refractivity contribution in [2.24, 2.45) is 0 Å². The van der Waals surface area contributed by atoms with Crippen molar-refractivity contribution in [3.8, 4) is 0 Å². The fourth-order valence-electron chi connectivity index (χ4n) is 4.13. The molecular weight excluding hydrogens is 523 g/mol. The van der Waals surface area contributed by atoms with Crippen LogP contribution in [-0.4, -0.2) is 28.4 Å². The number of hydrogen-bond acceptors (Lipinski definition) is 4. The summed E-state index contributed by atoms with van der Waals surface area (Å²) in [6.45, 7) is 2.48. The summed E-state index contributed by atoms with van der Waals surface area (Å²) in [5.74, 6) is -0.220. The van der Waals surface area contributed by atoms with E-state index in [-0.39, 0.29) is 22.3 Å². The molecule has 0 radical (unpaired) electrons. The van der Waals surface area contributed by atoms with Crippen LogP contribution < -0.4 is 10.6 Å². The van der Waals surface area contributed by atoms with Crippen LogP contribution in [0.1, 0.15) is 51.0 Å². The zero-order chi connectivity index (χ0) is 25.4. The molecular formula is C26H21Cl3N4O3. The largest absolute Gasteiger partial charge is 0.370 e. The van der Waals surface area contributed by atoms with E-state index in [1.807, 2.05) is 6.92 Å². The quantitative estimate of drug-likeness (QED) is 0.248. The maximum atomic E-state index is 13.4. The fraction of sp³-hybridized carbons (Fsp3) is 0.192. The average molecular weight is 544 g/mol. The van der Waals surface area contributed by atoms with Gasteiger partial charge >= 0.3 is 0 Å². The van der Waals surface area contributed by atoms with Gasteiger partial charge in [0.1, 0.15) is 17.4 Å². The Hall–Kier alpha value is -3.10. The van der Waals surface area contributed by atoms with Gasteiger partial charge in [0.15, 0.2) is 0 Å². The summed E-state index contributed by atoms with van der Waals surface area (Å²) >= 11 is 18.5. The maximum absolute atomic E-state index is 13.4. The highest BCUT2D eigenvalue weighted by molar-refractivity contribution is 6.36. The minimum Gasteiger partial charge on any atom is -0.370 e. The van der Waals surface area contributed by atoms with E-state index < -0.39 is 11.8 Å². The Labute approximate surface area is 222 Å². The lowest BCUT2D eigenvalue weighted by Crippen LogP contribution is -2.16. The van der Waals surface area contributed by atoms with Gasteiger partial charge in [-0.15, -0.1) is 0 Å². The number of ether oxygens (including phenoxy) is 1. The summed E-state index contributed by atoms with van der Waals surface area (Å²) < 4.78 is 5.76. The number of aromatic nitrogens is 2. The smallest absolute Gasteiger partial charge is 0.258 e. The number of nitrogens with zero attached hydrogens (tertiary/aromatic N) is 1. The topological polar surface area (TPSA) is 96.1 Å². The molecule has 0 unspecified atom stereocenters. The molecule has 10 heteroatoms. The molecule has 0 spiro atoms. The molecule has 3 aromatic carbocycles. The molecule has 1 aliphatic rings. The van der Waals surface area contributed by atoms with Gasteiger partial charge in [-0.3, -0.25) is 9.59 Å². The van der Waals surface area contributed by atoms with E-state index in [0.29, 0.717) is 44.9 Å². The van der Waals surface area contributed by atoms with Crippen molar-refractivity contribution in [2.45, 2.75) is 25.9 Å². The van der Waals surface area contributed by atoms with Crippen molar-refractivity contribution in [1.82, 2.24) is 9.97 Å². The van der Waals surface area contributed by atoms with Crippen molar-refractivity contribution >= 4 is 69.0 Å². The molecule has 2 amide bonds. The fourth-order valence-corrected chi connectivity index (χ4v) is 4.68. The van der Waals surface area contributed by atoms with Crippen LogP contribution in [0.15, 0.2) is 48.5 Å². The van der Waals surface area contributed by atoms with Gasteiger partial charge in [-0.05, 0) is 67.8 Å². The highest BCUT2D eigenvalue weighted by atomic mass is 35.5. The number of hydrogen-bond donors (Lipinski definition) is 3. The molecule has 36 heavy (non-hydrogen) atoms. The number of fused-ring (bicyclic) bond motifs is 1. The SMILES string of the molecule is Cc1c(Cl)cccc1NC(=O)c1cc(NC(=O)c2cc(Cl)ccc2Cl)cc2[nH]c([C@H]3CCCO3)nc12. The second kappa shape index (κ2) is 10.1. The zero-order valence-corrected chi connectivity index (χ0v) is 21.4. The van der Waals surface area contributed by atoms with Crippen LogP contribution in [0, 0.1) is 6.92 Å². The number of imidazole rings is 1. The average Bonchev–Trinajstić information content (AvgIpc) is 3.53. The Morgan fingerprint density at radius 1 is 1.00 bits per heavy atom. The summed E-state index contributed by atoms with van der Waals surface area (Å²) in [5, 5.41) is 6.90. The van der Waals surface area contributed by atoms with Gasteiger partial charge in [0.25, 0.3) is 11.8 Å². The minimum absolute atomic E-state index is 0.174. The van der Waals surface area contributed by atoms with E-state index in [2.05, 4.69) is 20.6 Å². The lowest BCUT2D eigenvalue weighted by Gasteiger charge is -2.12. The molecule has 5 rings (SSSR count). The van der Waals surface area contributed by atoms with Crippen LogP contribution in [0.5, 0.6) is 0 Å². The molecule has 3 N–H and O–H groups in total. The molecule has 2 heterocycles. The molecule has 1 aliphatic heterocycles. The van der Waals surface area contributed by atoms with Crippen LogP contribution in [0.4, 0.5) is 11.4 Å². The molecule has 1 atom stereocenters. The predicted molar refractivity (Wildman–Crippen MR) is 143 cm³/mol. The second-order valence-electron chi connectivity index (χ2n) is 8.49. The predicted octanol–water partition coefficient (Wildman–Crippen LogP) is 7.19. The van der Waals surface area contributed by atoms with Gasteiger partial charge in [0.05, 0.1) is 21.7 Å². The summed E-state index contributed by atoms with van der Waals surface area (Å²) in [6.07, 6.45) is 1.59. The van der Waals surface area contributed by atoms with Gasteiger partial charge in [-0.25, -0.2) is 4.98 Å². The summed E-state index contributed by atoms with van der Waals surface area (Å²) in [5.41, 5.74) is 3.26. The van der Waals surface area contributed by atoms with Gasteiger partial charge in [0, 0.05) is 28.0 Å². The zero-order valence-electron chi connectivity index (χ0n) is 19.1. The molecule has 0 aliphatic carbocycles. The van der Waals surface area contributed by atoms with E-state index in [9.17, 15) is 9.59 Å². The summed E-state index contributed by atoms with van der Waals surface area (Å²) in [6, 6.07) is 13.2. The minimum atomic E-state index is -0.460.